The van der Waals surface area contributed by atoms with Crippen molar-refractivity contribution >= 4 is 16.2 Å². The van der Waals surface area contributed by atoms with Gasteiger partial charge in [-0.05, 0) is 0 Å². The van der Waals surface area contributed by atoms with Crippen LogP contribution in [0.3, 0.4) is 0 Å². The second-order valence-electron chi connectivity index (χ2n) is 1.02. The zero-order valence-corrected chi connectivity index (χ0v) is 5.02. The quantitative estimate of drug-likeness (QED) is 0.275. The number of hydrogen-bond donors (Lipinski definition) is 0. The van der Waals surface area contributed by atoms with Crippen LogP contribution in [0.15, 0.2) is 12.0 Å². The molecule has 37 valence electrons. The van der Waals surface area contributed by atoms with Gasteiger partial charge in [-0.25, -0.2) is 0 Å². The molecule has 0 aliphatic rings. The highest BCUT2D eigenvalue weighted by molar-refractivity contribution is 6.20. The lowest BCUT2D eigenvalue weighted by molar-refractivity contribution is -0.135. The first kappa shape index (κ1) is 6.43. The highest BCUT2D eigenvalue weighted by Gasteiger charge is 1.87. The van der Waals surface area contributed by atoms with Gasteiger partial charge in [0.2, 0.25) is 0 Å². The highest BCUT2D eigenvalue weighted by Crippen LogP contribution is 1.83. The molecule has 0 aliphatic heterocycles. The van der Waals surface area contributed by atoms with Crippen LogP contribution in [0.2, 0.25) is 0 Å². The Kier molecular flexibility index (Phi) is 2.36. The number of carbonyl (C=O) groups is 1. The van der Waals surface area contributed by atoms with Crippen molar-refractivity contribution in [1.82, 2.24) is 0 Å². The van der Waals surface area contributed by atoms with Gasteiger partial charge in [-0.3, -0.25) is 4.79 Å². The standard InChI is InChI=1S/C4H5O2Si/c1-3(5)6-4(2)7/h2H2,1H3. The van der Waals surface area contributed by atoms with Gasteiger partial charge in [-0.2, -0.15) is 0 Å². The lowest BCUT2D eigenvalue weighted by Gasteiger charge is -1.93. The maximum absolute atomic E-state index is 9.94. The van der Waals surface area contributed by atoms with E-state index < -0.39 is 0 Å². The molecule has 2 nitrogen and oxygen atoms in total. The molecular weight excluding hydrogens is 108 g/mol. The summed E-state index contributed by atoms with van der Waals surface area (Å²) in [6.07, 6.45) is 0. The zero-order chi connectivity index (χ0) is 5.86. The fourth-order valence-corrected chi connectivity index (χ4v) is 0.317. The molecule has 0 aromatic carbocycles. The molecule has 0 N–H and O–H groups in total. The van der Waals surface area contributed by atoms with Crippen molar-refractivity contribution in [1.29, 1.82) is 0 Å². The monoisotopic (exact) mass is 113 g/mol. The van der Waals surface area contributed by atoms with Crippen molar-refractivity contribution in [3.63, 3.8) is 0 Å². The number of rotatable bonds is 1. The summed E-state index contributed by atoms with van der Waals surface area (Å²) in [5, 5.41) is 0.243. The molecule has 0 aromatic heterocycles. The summed E-state index contributed by atoms with van der Waals surface area (Å²) in [4.78, 5) is 9.94. The Morgan fingerprint density at radius 3 is 2.29 bits per heavy atom. The average molecular weight is 113 g/mol. The van der Waals surface area contributed by atoms with Crippen LogP contribution < -0.4 is 0 Å². The average Bonchev–Trinajstić information content (AvgIpc) is 1.27. The minimum absolute atomic E-state index is 0.243. The normalized spacial score (nSPS) is 7.71. The summed E-state index contributed by atoms with van der Waals surface area (Å²) in [6, 6.07) is 0. The molecule has 0 aliphatic carbocycles. The largest absolute Gasteiger partial charge is 0.438 e. The molecule has 0 rings (SSSR count). The Hall–Kier alpha value is -0.573. The van der Waals surface area contributed by atoms with E-state index in [4.69, 9.17) is 0 Å². The van der Waals surface area contributed by atoms with Gasteiger partial charge in [-0.15, -0.1) is 0 Å². The van der Waals surface area contributed by atoms with E-state index in [1.807, 2.05) is 0 Å². The van der Waals surface area contributed by atoms with E-state index in [2.05, 4.69) is 21.6 Å². The van der Waals surface area contributed by atoms with Crippen LogP contribution in [0.1, 0.15) is 6.92 Å². The Morgan fingerprint density at radius 2 is 2.29 bits per heavy atom. The third-order valence-electron chi connectivity index (χ3n) is 0.267. The van der Waals surface area contributed by atoms with Crippen LogP contribution in [0.4, 0.5) is 0 Å². The van der Waals surface area contributed by atoms with Crippen LogP contribution in [0, 0.1) is 0 Å². The predicted octanol–water partition coefficient (Wildman–Crippen LogP) is 0.189. The van der Waals surface area contributed by atoms with Crippen LogP contribution in [-0.2, 0) is 9.53 Å². The molecule has 0 heterocycles. The van der Waals surface area contributed by atoms with Gasteiger partial charge in [0.1, 0.15) is 10.2 Å². The topological polar surface area (TPSA) is 26.3 Å². The van der Waals surface area contributed by atoms with E-state index in [-0.39, 0.29) is 11.4 Å². The second kappa shape index (κ2) is 2.57. The minimum Gasteiger partial charge on any atom is -0.438 e. The summed E-state index contributed by atoms with van der Waals surface area (Å²) in [5.41, 5.74) is 0. The molecule has 0 fully saturated rings. The van der Waals surface area contributed by atoms with Crippen LogP contribution in [0.25, 0.3) is 0 Å². The van der Waals surface area contributed by atoms with Crippen molar-refractivity contribution in [2.24, 2.45) is 0 Å². The Morgan fingerprint density at radius 1 is 1.86 bits per heavy atom. The summed E-state index contributed by atoms with van der Waals surface area (Å²) in [7, 11) is 2.88. The lowest BCUT2D eigenvalue weighted by Crippen LogP contribution is -1.96. The minimum atomic E-state index is -0.361. The van der Waals surface area contributed by atoms with Crippen molar-refractivity contribution in [3.05, 3.63) is 12.0 Å². The zero-order valence-electron chi connectivity index (χ0n) is 4.02. The van der Waals surface area contributed by atoms with Gasteiger partial charge in [0.15, 0.2) is 0 Å². The molecule has 0 amide bonds. The molecule has 0 saturated heterocycles. The van der Waals surface area contributed by atoms with Gasteiger partial charge >= 0.3 is 5.97 Å². The van der Waals surface area contributed by atoms with Gasteiger partial charge in [0, 0.05) is 6.92 Å². The molecule has 0 saturated carbocycles. The number of ether oxygens (including phenoxy) is 1. The van der Waals surface area contributed by atoms with E-state index in [0.29, 0.717) is 0 Å². The highest BCUT2D eigenvalue weighted by atomic mass is 28.1. The van der Waals surface area contributed by atoms with E-state index in [1.165, 1.54) is 6.92 Å². The van der Waals surface area contributed by atoms with Gasteiger partial charge in [0.25, 0.3) is 0 Å². The fourth-order valence-electron chi connectivity index (χ4n) is 0.173. The maximum Gasteiger partial charge on any atom is 0.307 e. The Labute approximate surface area is 45.6 Å². The summed E-state index contributed by atoms with van der Waals surface area (Å²) >= 11 is 0. The van der Waals surface area contributed by atoms with Crippen LogP contribution >= 0.6 is 0 Å². The van der Waals surface area contributed by atoms with Gasteiger partial charge < -0.3 is 4.74 Å². The Bertz CT molecular complexity index is 85.9. The molecule has 3 radical (unpaired) electrons. The summed E-state index contributed by atoms with van der Waals surface area (Å²) < 4.78 is 4.33. The summed E-state index contributed by atoms with van der Waals surface area (Å²) in [5.74, 6) is -0.361. The van der Waals surface area contributed by atoms with E-state index in [1.54, 1.807) is 0 Å². The molecule has 3 heteroatoms. The molecule has 0 atom stereocenters. The smallest absolute Gasteiger partial charge is 0.307 e. The van der Waals surface area contributed by atoms with Crippen molar-refractivity contribution in [3.8, 4) is 0 Å². The van der Waals surface area contributed by atoms with Crippen molar-refractivity contribution in [2.45, 2.75) is 6.92 Å². The molecule has 0 bridgehead atoms. The van der Waals surface area contributed by atoms with Crippen LogP contribution in [0.5, 0.6) is 0 Å². The third kappa shape index (κ3) is 5.43. The molecular formula is C4H5O2Si. The van der Waals surface area contributed by atoms with Gasteiger partial charge in [0.05, 0.1) is 5.38 Å². The fraction of sp³-hybridized carbons (Fsp3) is 0.250. The third-order valence-corrected chi connectivity index (χ3v) is 0.369. The Balaban J connectivity index is 3.32. The van der Waals surface area contributed by atoms with E-state index in [9.17, 15) is 4.79 Å². The lowest BCUT2D eigenvalue weighted by atomic mass is 10.8. The van der Waals surface area contributed by atoms with Crippen molar-refractivity contribution in [2.75, 3.05) is 0 Å². The maximum atomic E-state index is 9.94. The predicted molar refractivity (Wildman–Crippen MR) is 26.7 cm³/mol. The number of hydrogen-bond acceptors (Lipinski definition) is 2. The SMILES string of the molecule is C=C([Si])OC(C)=O. The molecule has 7 heavy (non-hydrogen) atoms. The first-order chi connectivity index (χ1) is 3.13. The number of esters is 1. The number of carbonyl (C=O) groups excluding carboxylic acids is 1. The molecule has 0 unspecified atom stereocenters. The van der Waals surface area contributed by atoms with Crippen molar-refractivity contribution < 1.29 is 9.53 Å². The van der Waals surface area contributed by atoms with Crippen LogP contribution in [-0.4, -0.2) is 16.2 Å². The first-order valence-electron chi connectivity index (χ1n) is 1.72. The van der Waals surface area contributed by atoms with Gasteiger partial charge in [-0.1, -0.05) is 6.58 Å². The van der Waals surface area contributed by atoms with E-state index >= 15 is 0 Å². The summed E-state index contributed by atoms with van der Waals surface area (Å²) in [6.45, 7) is 4.58. The first-order valence-corrected chi connectivity index (χ1v) is 2.22. The molecule has 0 spiro atoms. The van der Waals surface area contributed by atoms with E-state index in [0.717, 1.165) is 0 Å². The molecule has 0 aromatic rings. The second-order valence-corrected chi connectivity index (χ2v) is 1.57.